The lowest BCUT2D eigenvalue weighted by Gasteiger charge is -2.34. The molecule has 1 atom stereocenters. The van der Waals surface area contributed by atoms with Crippen LogP contribution in [-0.4, -0.2) is 22.6 Å². The number of fused-ring (bicyclic) bond motifs is 1. The van der Waals surface area contributed by atoms with Gasteiger partial charge in [-0.25, -0.2) is 5.84 Å². The molecule has 116 valence electrons. The van der Waals surface area contributed by atoms with Crippen LogP contribution in [0.5, 0.6) is 0 Å². The van der Waals surface area contributed by atoms with Crippen molar-refractivity contribution in [3.63, 3.8) is 0 Å². The molecule has 1 aromatic heterocycles. The standard InChI is InChI=1S/C18H17BrN4/c19-14-5-1-3-12(9-14)17-10-15(13-4-2-7-21-11-13)18-16(23(17)20)6-8-22-18/h1-5,7,9-11,16,22H,6,8,20H2. The number of hydrazine groups is 1. The zero-order valence-electron chi connectivity index (χ0n) is 12.5. The Morgan fingerprint density at radius 2 is 2.09 bits per heavy atom. The number of hydrogen-bond donors (Lipinski definition) is 2. The molecule has 1 unspecified atom stereocenters. The summed E-state index contributed by atoms with van der Waals surface area (Å²) in [6.07, 6.45) is 6.86. The predicted molar refractivity (Wildman–Crippen MR) is 95.7 cm³/mol. The van der Waals surface area contributed by atoms with Gasteiger partial charge in [0.15, 0.2) is 0 Å². The van der Waals surface area contributed by atoms with Crippen LogP contribution < -0.4 is 11.2 Å². The Morgan fingerprint density at radius 1 is 1.22 bits per heavy atom. The first-order valence-electron chi connectivity index (χ1n) is 7.64. The first-order valence-corrected chi connectivity index (χ1v) is 8.43. The van der Waals surface area contributed by atoms with Gasteiger partial charge in [-0.1, -0.05) is 34.1 Å². The third-order valence-electron chi connectivity index (χ3n) is 4.34. The van der Waals surface area contributed by atoms with Crippen LogP contribution in [0, 0.1) is 0 Å². The van der Waals surface area contributed by atoms with Crippen LogP contribution in [0.1, 0.15) is 17.5 Å². The number of nitrogens with two attached hydrogens (primary N) is 1. The first kappa shape index (κ1) is 14.5. The maximum absolute atomic E-state index is 6.45. The molecule has 3 heterocycles. The Morgan fingerprint density at radius 3 is 2.87 bits per heavy atom. The van der Waals surface area contributed by atoms with E-state index < -0.39 is 0 Å². The molecule has 1 fully saturated rings. The van der Waals surface area contributed by atoms with Gasteiger partial charge in [0.1, 0.15) is 0 Å². The lowest BCUT2D eigenvalue weighted by Crippen LogP contribution is -2.42. The van der Waals surface area contributed by atoms with E-state index >= 15 is 0 Å². The fourth-order valence-electron chi connectivity index (χ4n) is 3.26. The van der Waals surface area contributed by atoms with E-state index in [9.17, 15) is 0 Å². The molecule has 0 radical (unpaired) electrons. The van der Waals surface area contributed by atoms with E-state index in [1.54, 1.807) is 6.20 Å². The fourth-order valence-corrected chi connectivity index (χ4v) is 3.66. The largest absolute Gasteiger partial charge is 0.386 e. The van der Waals surface area contributed by atoms with Crippen molar-refractivity contribution >= 4 is 27.2 Å². The molecule has 2 aromatic rings. The molecular weight excluding hydrogens is 352 g/mol. The molecule has 4 nitrogen and oxygen atoms in total. The number of allylic oxidation sites excluding steroid dienone is 2. The minimum absolute atomic E-state index is 0.184. The summed E-state index contributed by atoms with van der Waals surface area (Å²) in [5, 5.41) is 5.38. The van der Waals surface area contributed by atoms with Crippen molar-refractivity contribution < 1.29 is 0 Å². The van der Waals surface area contributed by atoms with Crippen LogP contribution in [0.4, 0.5) is 0 Å². The predicted octanol–water partition coefficient (Wildman–Crippen LogP) is 3.15. The molecule has 2 aliphatic rings. The van der Waals surface area contributed by atoms with Gasteiger partial charge in [0.2, 0.25) is 0 Å². The number of aromatic nitrogens is 1. The van der Waals surface area contributed by atoms with Crippen LogP contribution in [-0.2, 0) is 0 Å². The fraction of sp³-hybridized carbons (Fsp3) is 0.167. The monoisotopic (exact) mass is 368 g/mol. The number of hydrogen-bond acceptors (Lipinski definition) is 4. The van der Waals surface area contributed by atoms with E-state index in [1.165, 1.54) is 11.3 Å². The van der Waals surface area contributed by atoms with Crippen molar-refractivity contribution in [1.82, 2.24) is 15.3 Å². The average molecular weight is 369 g/mol. The van der Waals surface area contributed by atoms with E-state index in [2.05, 4.69) is 50.5 Å². The average Bonchev–Trinajstić information content (AvgIpc) is 3.06. The molecule has 0 saturated carbocycles. The number of rotatable bonds is 2. The number of pyridine rings is 1. The van der Waals surface area contributed by atoms with Gasteiger partial charge < -0.3 is 10.3 Å². The summed E-state index contributed by atoms with van der Waals surface area (Å²) >= 11 is 3.54. The van der Waals surface area contributed by atoms with Gasteiger partial charge in [0.05, 0.1) is 11.7 Å². The van der Waals surface area contributed by atoms with Gasteiger partial charge in [0, 0.05) is 45.8 Å². The Bertz CT molecular complexity index is 798. The summed E-state index contributed by atoms with van der Waals surface area (Å²) < 4.78 is 1.05. The number of nitrogens with one attached hydrogen (secondary N) is 1. The topological polar surface area (TPSA) is 54.2 Å². The first-order chi connectivity index (χ1) is 11.2. The van der Waals surface area contributed by atoms with Crippen molar-refractivity contribution in [3.8, 4) is 0 Å². The summed E-state index contributed by atoms with van der Waals surface area (Å²) in [6, 6.07) is 12.5. The maximum atomic E-state index is 6.45. The summed E-state index contributed by atoms with van der Waals surface area (Å²) in [5.74, 6) is 6.45. The minimum atomic E-state index is 0.184. The van der Waals surface area contributed by atoms with Gasteiger partial charge in [0.25, 0.3) is 0 Å². The highest BCUT2D eigenvalue weighted by molar-refractivity contribution is 9.10. The van der Waals surface area contributed by atoms with Gasteiger partial charge in [-0.05, 0) is 30.7 Å². The Balaban J connectivity index is 1.87. The molecular formula is C18H17BrN4. The van der Waals surface area contributed by atoms with Gasteiger partial charge in [-0.15, -0.1) is 0 Å². The third kappa shape index (κ3) is 2.56. The quantitative estimate of drug-likeness (QED) is 0.799. The van der Waals surface area contributed by atoms with Crippen LogP contribution >= 0.6 is 15.9 Å². The number of halogens is 1. The Hall–Kier alpha value is -2.11. The summed E-state index contributed by atoms with van der Waals surface area (Å²) in [4.78, 5) is 4.26. The zero-order chi connectivity index (χ0) is 15.8. The number of benzene rings is 1. The molecule has 0 spiro atoms. The molecule has 5 heteroatoms. The molecule has 1 aromatic carbocycles. The van der Waals surface area contributed by atoms with Crippen molar-refractivity contribution in [2.75, 3.05) is 6.54 Å². The van der Waals surface area contributed by atoms with Crippen molar-refractivity contribution in [2.24, 2.45) is 5.84 Å². The van der Waals surface area contributed by atoms with Crippen LogP contribution in [0.25, 0.3) is 11.3 Å². The van der Waals surface area contributed by atoms with Crippen LogP contribution in [0.2, 0.25) is 0 Å². The second kappa shape index (κ2) is 5.83. The van der Waals surface area contributed by atoms with Crippen molar-refractivity contribution in [1.29, 1.82) is 0 Å². The second-order valence-corrected chi connectivity index (χ2v) is 6.66. The summed E-state index contributed by atoms with van der Waals surface area (Å²) in [6.45, 7) is 0.942. The maximum Gasteiger partial charge on any atom is 0.0870 e. The highest BCUT2D eigenvalue weighted by atomic mass is 79.9. The van der Waals surface area contributed by atoms with E-state index in [-0.39, 0.29) is 6.04 Å². The molecule has 0 amide bonds. The molecule has 4 rings (SSSR count). The SMILES string of the molecule is NN1C(c2cccc(Br)c2)=CC(c2cccnc2)=C2NCCC21. The molecule has 23 heavy (non-hydrogen) atoms. The summed E-state index contributed by atoms with van der Waals surface area (Å²) in [5.41, 5.74) is 5.62. The Kier molecular flexibility index (Phi) is 3.67. The number of nitrogens with zero attached hydrogens (tertiary/aromatic N) is 2. The second-order valence-electron chi connectivity index (χ2n) is 5.75. The molecule has 1 saturated heterocycles. The van der Waals surface area contributed by atoms with Crippen LogP contribution in [0.15, 0.2) is 65.0 Å². The van der Waals surface area contributed by atoms with E-state index in [0.717, 1.165) is 34.3 Å². The van der Waals surface area contributed by atoms with Gasteiger partial charge in [-0.3, -0.25) is 4.98 Å². The minimum Gasteiger partial charge on any atom is -0.386 e. The van der Waals surface area contributed by atoms with Crippen molar-refractivity contribution in [3.05, 3.63) is 76.2 Å². The molecule has 0 bridgehead atoms. The van der Waals surface area contributed by atoms with Gasteiger partial charge >= 0.3 is 0 Å². The third-order valence-corrected chi connectivity index (χ3v) is 4.84. The molecule has 3 N–H and O–H groups in total. The van der Waals surface area contributed by atoms with Crippen LogP contribution in [0.3, 0.4) is 0 Å². The highest BCUT2D eigenvalue weighted by Gasteiger charge is 2.33. The smallest absolute Gasteiger partial charge is 0.0870 e. The molecule has 0 aliphatic carbocycles. The van der Waals surface area contributed by atoms with E-state index in [0.29, 0.717) is 0 Å². The molecule has 2 aliphatic heterocycles. The van der Waals surface area contributed by atoms with E-state index in [1.807, 2.05) is 29.4 Å². The summed E-state index contributed by atoms with van der Waals surface area (Å²) in [7, 11) is 0. The lowest BCUT2D eigenvalue weighted by molar-refractivity contribution is 0.342. The lowest BCUT2D eigenvalue weighted by atomic mass is 9.94. The highest BCUT2D eigenvalue weighted by Crippen LogP contribution is 2.37. The zero-order valence-corrected chi connectivity index (χ0v) is 14.1. The van der Waals surface area contributed by atoms with E-state index in [4.69, 9.17) is 5.84 Å². The Labute approximate surface area is 143 Å². The van der Waals surface area contributed by atoms with Crippen molar-refractivity contribution in [2.45, 2.75) is 12.5 Å². The normalized spacial score (nSPS) is 20.2. The van der Waals surface area contributed by atoms with Gasteiger partial charge in [-0.2, -0.15) is 0 Å².